The van der Waals surface area contributed by atoms with Crippen LogP contribution < -0.4 is 10.6 Å². The second-order valence-electron chi connectivity index (χ2n) is 3.76. The molecule has 1 aliphatic heterocycles. The molecule has 0 aromatic heterocycles. The van der Waals surface area contributed by atoms with E-state index in [4.69, 9.17) is 0 Å². The number of alkyl halides is 3. The Morgan fingerprint density at radius 2 is 2.12 bits per heavy atom. The fraction of sp³-hybridized carbons (Fsp3) is 0.889. The summed E-state index contributed by atoms with van der Waals surface area (Å²) >= 11 is 0. The smallest absolute Gasteiger partial charge is 0.345 e. The molecular formula is C9H16ClF3N2O. The van der Waals surface area contributed by atoms with E-state index in [2.05, 4.69) is 5.32 Å². The summed E-state index contributed by atoms with van der Waals surface area (Å²) in [5.41, 5.74) is -0.786. The topological polar surface area (TPSA) is 41.1 Å². The average Bonchev–Trinajstić information content (AvgIpc) is 2.62. The first kappa shape index (κ1) is 15.5. The highest BCUT2D eigenvalue weighted by Crippen LogP contribution is 2.23. The van der Waals surface area contributed by atoms with Crippen LogP contribution in [0.25, 0.3) is 0 Å². The van der Waals surface area contributed by atoms with E-state index in [-0.39, 0.29) is 12.4 Å². The molecule has 1 aliphatic rings. The van der Waals surface area contributed by atoms with Crippen molar-refractivity contribution >= 4 is 18.3 Å². The predicted octanol–water partition coefficient (Wildman–Crippen LogP) is 1.62. The van der Waals surface area contributed by atoms with E-state index in [1.807, 2.05) is 5.32 Å². The van der Waals surface area contributed by atoms with Gasteiger partial charge in [-0.3, -0.25) is 4.79 Å². The lowest BCUT2D eigenvalue weighted by Gasteiger charge is -2.26. The molecule has 0 aromatic rings. The third-order valence-corrected chi connectivity index (χ3v) is 2.73. The Hall–Kier alpha value is -0.490. The molecule has 1 unspecified atom stereocenters. The zero-order valence-electron chi connectivity index (χ0n) is 8.99. The summed E-state index contributed by atoms with van der Waals surface area (Å²) < 4.78 is 35.7. The summed E-state index contributed by atoms with van der Waals surface area (Å²) in [6, 6.07) is 0. The van der Waals surface area contributed by atoms with E-state index < -0.39 is 24.2 Å². The Bertz CT molecular complexity index is 239. The van der Waals surface area contributed by atoms with Crippen molar-refractivity contribution in [2.24, 2.45) is 0 Å². The van der Waals surface area contributed by atoms with Gasteiger partial charge in [-0.15, -0.1) is 12.4 Å². The van der Waals surface area contributed by atoms with Gasteiger partial charge in [0, 0.05) is 0 Å². The lowest BCUT2D eigenvalue weighted by Crippen LogP contribution is -2.54. The fourth-order valence-corrected chi connectivity index (χ4v) is 1.81. The van der Waals surface area contributed by atoms with Gasteiger partial charge in [-0.25, -0.2) is 0 Å². The molecule has 2 N–H and O–H groups in total. The molecule has 96 valence electrons. The van der Waals surface area contributed by atoms with Crippen LogP contribution in [-0.2, 0) is 4.79 Å². The van der Waals surface area contributed by atoms with Crippen molar-refractivity contribution in [1.29, 1.82) is 0 Å². The quantitative estimate of drug-likeness (QED) is 0.810. The highest BCUT2D eigenvalue weighted by molar-refractivity contribution is 5.86. The Morgan fingerprint density at radius 1 is 1.50 bits per heavy atom. The van der Waals surface area contributed by atoms with Crippen molar-refractivity contribution in [3.8, 4) is 0 Å². The van der Waals surface area contributed by atoms with Crippen molar-refractivity contribution in [3.05, 3.63) is 0 Å². The summed E-state index contributed by atoms with van der Waals surface area (Å²) in [4.78, 5) is 11.6. The lowest BCUT2D eigenvalue weighted by atomic mass is 9.93. The minimum atomic E-state index is -4.34. The van der Waals surface area contributed by atoms with E-state index in [9.17, 15) is 18.0 Å². The predicted molar refractivity (Wildman–Crippen MR) is 56.6 cm³/mol. The molecule has 0 aromatic carbocycles. The van der Waals surface area contributed by atoms with Gasteiger partial charge in [-0.05, 0) is 25.8 Å². The number of amides is 1. The number of hydrogen-bond acceptors (Lipinski definition) is 2. The zero-order valence-corrected chi connectivity index (χ0v) is 9.80. The van der Waals surface area contributed by atoms with Crippen molar-refractivity contribution in [2.75, 3.05) is 13.1 Å². The summed E-state index contributed by atoms with van der Waals surface area (Å²) in [6.45, 7) is 1.23. The third-order valence-electron chi connectivity index (χ3n) is 2.73. The van der Waals surface area contributed by atoms with Gasteiger partial charge in [0.1, 0.15) is 6.54 Å². The first-order chi connectivity index (χ1) is 6.90. The molecule has 0 spiro atoms. The van der Waals surface area contributed by atoms with Crippen LogP contribution in [0.3, 0.4) is 0 Å². The van der Waals surface area contributed by atoms with E-state index in [1.54, 1.807) is 6.92 Å². The third kappa shape index (κ3) is 3.83. The molecule has 1 atom stereocenters. The van der Waals surface area contributed by atoms with Crippen molar-refractivity contribution in [2.45, 2.75) is 37.9 Å². The molecule has 1 amide bonds. The fourth-order valence-electron chi connectivity index (χ4n) is 1.81. The molecule has 0 radical (unpaired) electrons. The standard InChI is InChI=1S/C9H15F3N2O.ClH/c1-2-8(4-3-5-14-8)7(15)13-6-9(10,11)12;/h14H,2-6H2,1H3,(H,13,15);1H. The largest absolute Gasteiger partial charge is 0.405 e. The van der Waals surface area contributed by atoms with Crippen LogP contribution in [-0.4, -0.2) is 30.7 Å². The molecule has 16 heavy (non-hydrogen) atoms. The van der Waals surface area contributed by atoms with Gasteiger partial charge < -0.3 is 10.6 Å². The maximum absolute atomic E-state index is 11.9. The van der Waals surface area contributed by atoms with Crippen LogP contribution in [0, 0.1) is 0 Å². The van der Waals surface area contributed by atoms with E-state index in [0.29, 0.717) is 19.4 Å². The second kappa shape index (κ2) is 5.72. The van der Waals surface area contributed by atoms with Crippen molar-refractivity contribution in [1.82, 2.24) is 10.6 Å². The maximum Gasteiger partial charge on any atom is 0.405 e. The van der Waals surface area contributed by atoms with E-state index in [1.165, 1.54) is 0 Å². The van der Waals surface area contributed by atoms with Gasteiger partial charge in [0.2, 0.25) is 5.91 Å². The molecule has 7 heteroatoms. The minimum Gasteiger partial charge on any atom is -0.345 e. The van der Waals surface area contributed by atoms with Gasteiger partial charge in [0.15, 0.2) is 0 Å². The average molecular weight is 261 g/mol. The van der Waals surface area contributed by atoms with Crippen LogP contribution in [0.4, 0.5) is 13.2 Å². The Labute approximate surface area is 98.6 Å². The second-order valence-corrected chi connectivity index (χ2v) is 3.76. The monoisotopic (exact) mass is 260 g/mol. The van der Waals surface area contributed by atoms with Gasteiger partial charge in [0.05, 0.1) is 5.54 Å². The van der Waals surface area contributed by atoms with Crippen LogP contribution in [0.5, 0.6) is 0 Å². The van der Waals surface area contributed by atoms with Gasteiger partial charge in [-0.1, -0.05) is 6.92 Å². The summed E-state index contributed by atoms with van der Waals surface area (Å²) in [6.07, 6.45) is -2.40. The van der Waals surface area contributed by atoms with Crippen LogP contribution >= 0.6 is 12.4 Å². The molecule has 1 rings (SSSR count). The zero-order chi connectivity index (χ0) is 11.5. The first-order valence-electron chi connectivity index (χ1n) is 5.00. The molecule has 1 saturated heterocycles. The van der Waals surface area contributed by atoms with Gasteiger partial charge in [-0.2, -0.15) is 13.2 Å². The lowest BCUT2D eigenvalue weighted by molar-refractivity contribution is -0.142. The number of carbonyl (C=O) groups is 1. The maximum atomic E-state index is 11.9. The van der Waals surface area contributed by atoms with Gasteiger partial charge in [0.25, 0.3) is 0 Å². The van der Waals surface area contributed by atoms with E-state index >= 15 is 0 Å². The van der Waals surface area contributed by atoms with Crippen LogP contribution in [0.15, 0.2) is 0 Å². The molecule has 0 saturated carbocycles. The first-order valence-corrected chi connectivity index (χ1v) is 5.00. The van der Waals surface area contributed by atoms with Crippen LogP contribution in [0.2, 0.25) is 0 Å². The van der Waals surface area contributed by atoms with Crippen molar-refractivity contribution < 1.29 is 18.0 Å². The molecular weight excluding hydrogens is 245 g/mol. The number of hydrogen-bond donors (Lipinski definition) is 2. The highest BCUT2D eigenvalue weighted by atomic mass is 35.5. The molecule has 3 nitrogen and oxygen atoms in total. The summed E-state index contributed by atoms with van der Waals surface area (Å²) in [7, 11) is 0. The normalized spacial score (nSPS) is 25.0. The van der Waals surface area contributed by atoms with Crippen LogP contribution in [0.1, 0.15) is 26.2 Å². The number of carbonyl (C=O) groups excluding carboxylic acids is 1. The van der Waals surface area contributed by atoms with E-state index in [0.717, 1.165) is 6.42 Å². The number of nitrogens with one attached hydrogen (secondary N) is 2. The Kier molecular flexibility index (Phi) is 5.55. The molecule has 0 aliphatic carbocycles. The number of rotatable bonds is 3. The summed E-state index contributed by atoms with van der Waals surface area (Å²) in [5.74, 6) is -0.542. The number of halogens is 4. The molecule has 1 heterocycles. The Morgan fingerprint density at radius 3 is 2.50 bits per heavy atom. The highest BCUT2D eigenvalue weighted by Gasteiger charge is 2.40. The SMILES string of the molecule is CCC1(C(=O)NCC(F)(F)F)CCCN1.Cl. The molecule has 0 bridgehead atoms. The Balaban J connectivity index is 0.00000225. The minimum absolute atomic E-state index is 0. The summed E-state index contributed by atoms with van der Waals surface area (Å²) in [5, 5.41) is 4.91. The van der Waals surface area contributed by atoms with Crippen molar-refractivity contribution in [3.63, 3.8) is 0 Å². The molecule has 1 fully saturated rings. The van der Waals surface area contributed by atoms with Gasteiger partial charge >= 0.3 is 6.18 Å².